The minimum Gasteiger partial charge on any atom is -0.481 e. The van der Waals surface area contributed by atoms with Crippen molar-refractivity contribution in [1.29, 1.82) is 0 Å². The van der Waals surface area contributed by atoms with Crippen LogP contribution in [0.2, 0.25) is 0 Å². The second-order valence-electron chi connectivity index (χ2n) is 6.67. The number of carboxylic acid groups (broad SMARTS) is 1. The molecule has 0 atom stereocenters. The van der Waals surface area contributed by atoms with E-state index in [0.29, 0.717) is 25.3 Å². The van der Waals surface area contributed by atoms with E-state index >= 15 is 0 Å². The lowest BCUT2D eigenvalue weighted by atomic mass is 9.89. The van der Waals surface area contributed by atoms with Crippen molar-refractivity contribution in [2.45, 2.75) is 44.9 Å². The molecule has 1 aliphatic carbocycles. The first-order chi connectivity index (χ1) is 10.1. The summed E-state index contributed by atoms with van der Waals surface area (Å²) in [5.41, 5.74) is 0. The highest BCUT2D eigenvalue weighted by molar-refractivity contribution is 5.85. The molecular formula is C16H29ClN2O3. The molecule has 1 N–H and O–H groups in total. The number of halogens is 1. The van der Waals surface area contributed by atoms with E-state index in [-0.39, 0.29) is 24.2 Å². The van der Waals surface area contributed by atoms with Crippen LogP contribution in [0.5, 0.6) is 0 Å². The number of likely N-dealkylation sites (N-methyl/N-ethyl adjacent to an activating group) is 1. The fourth-order valence-electron chi connectivity index (χ4n) is 3.51. The maximum Gasteiger partial charge on any atom is 0.306 e. The zero-order valence-corrected chi connectivity index (χ0v) is 14.3. The van der Waals surface area contributed by atoms with Gasteiger partial charge in [-0.3, -0.25) is 14.5 Å². The average molecular weight is 333 g/mol. The summed E-state index contributed by atoms with van der Waals surface area (Å²) in [7, 11) is 1.90. The van der Waals surface area contributed by atoms with E-state index in [1.807, 2.05) is 11.9 Å². The van der Waals surface area contributed by atoms with Gasteiger partial charge in [0.25, 0.3) is 0 Å². The number of amides is 1. The van der Waals surface area contributed by atoms with Crippen molar-refractivity contribution in [2.24, 2.45) is 11.8 Å². The minimum atomic E-state index is -0.699. The number of carbonyl (C=O) groups excluding carboxylic acids is 1. The molecule has 1 heterocycles. The van der Waals surface area contributed by atoms with E-state index in [0.717, 1.165) is 19.6 Å². The molecule has 1 aliphatic heterocycles. The number of rotatable bonds is 5. The van der Waals surface area contributed by atoms with Crippen LogP contribution in [-0.4, -0.2) is 60.0 Å². The third-order valence-corrected chi connectivity index (χ3v) is 4.98. The van der Waals surface area contributed by atoms with Crippen LogP contribution in [0.15, 0.2) is 0 Å². The normalized spacial score (nSPS) is 21.1. The zero-order valence-electron chi connectivity index (χ0n) is 13.5. The van der Waals surface area contributed by atoms with Gasteiger partial charge in [-0.1, -0.05) is 19.3 Å². The minimum absolute atomic E-state index is 0. The summed E-state index contributed by atoms with van der Waals surface area (Å²) in [4.78, 5) is 27.2. The maximum absolute atomic E-state index is 12.3. The lowest BCUT2D eigenvalue weighted by molar-refractivity contribution is -0.143. The van der Waals surface area contributed by atoms with Crippen LogP contribution in [0.3, 0.4) is 0 Å². The highest BCUT2D eigenvalue weighted by Crippen LogP contribution is 2.24. The van der Waals surface area contributed by atoms with Gasteiger partial charge < -0.3 is 10.0 Å². The van der Waals surface area contributed by atoms with Crippen LogP contribution in [0.25, 0.3) is 0 Å². The highest BCUT2D eigenvalue weighted by Gasteiger charge is 2.26. The van der Waals surface area contributed by atoms with Crippen molar-refractivity contribution in [3.63, 3.8) is 0 Å². The predicted molar refractivity (Wildman–Crippen MR) is 88.3 cm³/mol. The van der Waals surface area contributed by atoms with Crippen LogP contribution < -0.4 is 0 Å². The molecule has 22 heavy (non-hydrogen) atoms. The van der Waals surface area contributed by atoms with Crippen LogP contribution >= 0.6 is 12.4 Å². The fraction of sp³-hybridized carbons (Fsp3) is 0.875. The van der Waals surface area contributed by atoms with Gasteiger partial charge in [-0.25, -0.2) is 0 Å². The predicted octanol–water partition coefficient (Wildman–Crippen LogP) is 2.24. The highest BCUT2D eigenvalue weighted by atomic mass is 35.5. The lowest BCUT2D eigenvalue weighted by Gasteiger charge is -2.32. The molecule has 0 aromatic carbocycles. The largest absolute Gasteiger partial charge is 0.481 e. The van der Waals surface area contributed by atoms with Crippen LogP contribution in [-0.2, 0) is 9.59 Å². The summed E-state index contributed by atoms with van der Waals surface area (Å²) in [6, 6.07) is 0. The Morgan fingerprint density at radius 3 is 2.23 bits per heavy atom. The van der Waals surface area contributed by atoms with Crippen LogP contribution in [0, 0.1) is 11.8 Å². The molecule has 0 radical (unpaired) electrons. The molecule has 1 saturated carbocycles. The lowest BCUT2D eigenvalue weighted by Crippen LogP contribution is -2.44. The van der Waals surface area contributed by atoms with Crippen molar-refractivity contribution in [2.75, 3.05) is 33.2 Å². The number of aliphatic carboxylic acids is 1. The standard InChI is InChI=1S/C16H28N2O3.ClH/c1-17(11-13-5-3-2-4-6-13)15(19)12-18-9-7-14(8-10-18)16(20)21;/h13-14H,2-12H2,1H3,(H,20,21);1H. The molecule has 2 fully saturated rings. The Morgan fingerprint density at radius 2 is 1.68 bits per heavy atom. The monoisotopic (exact) mass is 332 g/mol. The molecule has 2 rings (SSSR count). The number of piperidine rings is 1. The third-order valence-electron chi connectivity index (χ3n) is 4.98. The molecular weight excluding hydrogens is 304 g/mol. The van der Waals surface area contributed by atoms with Crippen molar-refractivity contribution < 1.29 is 14.7 Å². The van der Waals surface area contributed by atoms with E-state index in [1.54, 1.807) is 0 Å². The van der Waals surface area contributed by atoms with E-state index in [4.69, 9.17) is 5.11 Å². The van der Waals surface area contributed by atoms with Gasteiger partial charge in [0, 0.05) is 13.6 Å². The molecule has 2 aliphatic rings. The van der Waals surface area contributed by atoms with E-state index in [9.17, 15) is 9.59 Å². The Hall–Kier alpha value is -0.810. The molecule has 128 valence electrons. The van der Waals surface area contributed by atoms with Crippen molar-refractivity contribution >= 4 is 24.3 Å². The summed E-state index contributed by atoms with van der Waals surface area (Å²) in [6.07, 6.45) is 7.77. The molecule has 1 saturated heterocycles. The summed E-state index contributed by atoms with van der Waals surface area (Å²) in [6.45, 7) is 2.76. The van der Waals surface area contributed by atoms with Crippen molar-refractivity contribution in [3.8, 4) is 0 Å². The molecule has 0 aromatic heterocycles. The number of hydrogen-bond donors (Lipinski definition) is 1. The van der Waals surface area contributed by atoms with Crippen molar-refractivity contribution in [1.82, 2.24) is 9.80 Å². The first kappa shape index (κ1) is 19.2. The number of carbonyl (C=O) groups is 2. The Morgan fingerprint density at radius 1 is 1.09 bits per heavy atom. The number of nitrogens with zero attached hydrogens (tertiary/aromatic N) is 2. The van der Waals surface area contributed by atoms with Gasteiger partial charge in [0.05, 0.1) is 12.5 Å². The summed E-state index contributed by atoms with van der Waals surface area (Å²) in [5.74, 6) is -0.0773. The quantitative estimate of drug-likeness (QED) is 0.838. The third kappa shape index (κ3) is 5.76. The topological polar surface area (TPSA) is 60.9 Å². The Kier molecular flexibility index (Phi) is 8.18. The van der Waals surface area contributed by atoms with Crippen LogP contribution in [0.4, 0.5) is 0 Å². The molecule has 0 bridgehead atoms. The Bertz CT molecular complexity index is 364. The Labute approximate surface area is 139 Å². The molecule has 0 aromatic rings. The first-order valence-corrected chi connectivity index (χ1v) is 8.25. The van der Waals surface area contributed by atoms with Gasteiger partial charge in [0.15, 0.2) is 0 Å². The number of hydrogen-bond acceptors (Lipinski definition) is 3. The molecule has 0 unspecified atom stereocenters. The molecule has 1 amide bonds. The van der Waals surface area contributed by atoms with E-state index in [2.05, 4.69) is 4.90 Å². The van der Waals surface area contributed by atoms with Gasteiger partial charge in [0.1, 0.15) is 0 Å². The van der Waals surface area contributed by atoms with Gasteiger partial charge in [-0.05, 0) is 44.7 Å². The maximum atomic E-state index is 12.3. The summed E-state index contributed by atoms with van der Waals surface area (Å²) >= 11 is 0. The first-order valence-electron chi connectivity index (χ1n) is 8.25. The van der Waals surface area contributed by atoms with Gasteiger partial charge in [0.2, 0.25) is 5.91 Å². The second kappa shape index (κ2) is 9.36. The Balaban J connectivity index is 0.00000242. The molecule has 0 spiro atoms. The number of carboxylic acids is 1. The zero-order chi connectivity index (χ0) is 15.2. The molecule has 6 heteroatoms. The van der Waals surface area contributed by atoms with E-state index < -0.39 is 5.97 Å². The number of likely N-dealkylation sites (tertiary alicyclic amines) is 1. The van der Waals surface area contributed by atoms with Gasteiger partial charge >= 0.3 is 5.97 Å². The van der Waals surface area contributed by atoms with Crippen LogP contribution in [0.1, 0.15) is 44.9 Å². The van der Waals surface area contributed by atoms with E-state index in [1.165, 1.54) is 32.1 Å². The smallest absolute Gasteiger partial charge is 0.306 e. The summed E-state index contributed by atoms with van der Waals surface area (Å²) in [5, 5.41) is 8.98. The van der Waals surface area contributed by atoms with Gasteiger partial charge in [-0.15, -0.1) is 12.4 Å². The molecule has 5 nitrogen and oxygen atoms in total. The van der Waals surface area contributed by atoms with Crippen molar-refractivity contribution in [3.05, 3.63) is 0 Å². The SMILES string of the molecule is CN(CC1CCCCC1)C(=O)CN1CCC(C(=O)O)CC1.Cl. The summed E-state index contributed by atoms with van der Waals surface area (Å²) < 4.78 is 0. The average Bonchev–Trinajstić information content (AvgIpc) is 2.48. The fourth-order valence-corrected chi connectivity index (χ4v) is 3.51. The second-order valence-corrected chi connectivity index (χ2v) is 6.67. The van der Waals surface area contributed by atoms with Gasteiger partial charge in [-0.2, -0.15) is 0 Å².